The van der Waals surface area contributed by atoms with E-state index < -0.39 is 0 Å². The standard InChI is InChI=1S/C12H13FN4/c1-2-10-11(14)15-7-16-12(10)17-9-5-3-4-8(13)6-9/h3-7H,2H2,1H3,(H3,14,15,16,17). The summed E-state index contributed by atoms with van der Waals surface area (Å²) in [4.78, 5) is 8.03. The largest absolute Gasteiger partial charge is 0.383 e. The van der Waals surface area contributed by atoms with Gasteiger partial charge in [-0.25, -0.2) is 14.4 Å². The molecule has 3 N–H and O–H groups in total. The number of nitrogen functional groups attached to an aromatic ring is 1. The summed E-state index contributed by atoms with van der Waals surface area (Å²) >= 11 is 0. The highest BCUT2D eigenvalue weighted by molar-refractivity contribution is 5.63. The van der Waals surface area contributed by atoms with Crippen LogP contribution in [0.5, 0.6) is 0 Å². The zero-order chi connectivity index (χ0) is 12.3. The third-order valence-corrected chi connectivity index (χ3v) is 2.42. The summed E-state index contributed by atoms with van der Waals surface area (Å²) in [5.41, 5.74) is 7.22. The normalized spacial score (nSPS) is 10.2. The monoisotopic (exact) mass is 232 g/mol. The summed E-state index contributed by atoms with van der Waals surface area (Å²) in [6.07, 6.45) is 2.10. The minimum atomic E-state index is -0.296. The van der Waals surface area contributed by atoms with E-state index in [4.69, 9.17) is 5.73 Å². The first-order chi connectivity index (χ1) is 8.20. The molecule has 0 aliphatic rings. The molecule has 17 heavy (non-hydrogen) atoms. The number of nitrogens with one attached hydrogen (secondary N) is 1. The molecule has 0 unspecified atom stereocenters. The maximum atomic E-state index is 13.0. The number of rotatable bonds is 3. The summed E-state index contributed by atoms with van der Waals surface area (Å²) in [5, 5.41) is 3.03. The Kier molecular flexibility index (Phi) is 3.18. The van der Waals surface area contributed by atoms with E-state index in [2.05, 4.69) is 15.3 Å². The summed E-state index contributed by atoms with van der Waals surface area (Å²) in [7, 11) is 0. The average Bonchev–Trinajstić information content (AvgIpc) is 2.29. The highest BCUT2D eigenvalue weighted by Crippen LogP contribution is 2.22. The lowest BCUT2D eigenvalue weighted by Gasteiger charge is -2.10. The van der Waals surface area contributed by atoms with Crippen molar-refractivity contribution < 1.29 is 4.39 Å². The predicted molar refractivity (Wildman–Crippen MR) is 65.5 cm³/mol. The van der Waals surface area contributed by atoms with Gasteiger partial charge in [0.15, 0.2) is 0 Å². The molecule has 0 amide bonds. The Hall–Kier alpha value is -2.17. The Balaban J connectivity index is 2.33. The number of aromatic nitrogens is 2. The van der Waals surface area contributed by atoms with E-state index in [-0.39, 0.29) is 5.82 Å². The van der Waals surface area contributed by atoms with Crippen LogP contribution < -0.4 is 11.1 Å². The van der Waals surface area contributed by atoms with Crippen molar-refractivity contribution in [2.24, 2.45) is 0 Å². The first-order valence-electron chi connectivity index (χ1n) is 5.32. The third-order valence-electron chi connectivity index (χ3n) is 2.42. The summed E-state index contributed by atoms with van der Waals surface area (Å²) in [6.45, 7) is 1.96. The molecule has 5 heteroatoms. The average molecular weight is 232 g/mol. The van der Waals surface area contributed by atoms with E-state index in [9.17, 15) is 4.39 Å². The van der Waals surface area contributed by atoms with Crippen molar-refractivity contribution in [2.75, 3.05) is 11.1 Å². The zero-order valence-corrected chi connectivity index (χ0v) is 9.44. The fourth-order valence-electron chi connectivity index (χ4n) is 1.59. The molecular formula is C12H13FN4. The van der Waals surface area contributed by atoms with Crippen LogP contribution in [-0.2, 0) is 6.42 Å². The molecule has 4 nitrogen and oxygen atoms in total. The Labute approximate surface area is 98.7 Å². The van der Waals surface area contributed by atoms with E-state index in [0.717, 1.165) is 5.56 Å². The van der Waals surface area contributed by atoms with Crippen molar-refractivity contribution in [1.82, 2.24) is 9.97 Å². The Morgan fingerprint density at radius 3 is 2.88 bits per heavy atom. The minimum absolute atomic E-state index is 0.296. The Bertz CT molecular complexity index is 528. The smallest absolute Gasteiger partial charge is 0.139 e. The number of nitrogens with zero attached hydrogens (tertiary/aromatic N) is 2. The van der Waals surface area contributed by atoms with Crippen LogP contribution >= 0.6 is 0 Å². The first kappa shape index (κ1) is 11.3. The number of nitrogens with two attached hydrogens (primary N) is 1. The van der Waals surface area contributed by atoms with Crippen molar-refractivity contribution in [2.45, 2.75) is 13.3 Å². The lowest BCUT2D eigenvalue weighted by atomic mass is 10.2. The molecule has 1 aromatic heterocycles. The van der Waals surface area contributed by atoms with Crippen LogP contribution in [0.25, 0.3) is 0 Å². The third kappa shape index (κ3) is 2.50. The molecule has 0 atom stereocenters. The van der Waals surface area contributed by atoms with Gasteiger partial charge in [0.1, 0.15) is 23.8 Å². The molecule has 0 aliphatic heterocycles. The van der Waals surface area contributed by atoms with Crippen LogP contribution in [0.1, 0.15) is 12.5 Å². The second-order valence-electron chi connectivity index (χ2n) is 3.57. The predicted octanol–water partition coefficient (Wildman–Crippen LogP) is 2.50. The van der Waals surface area contributed by atoms with E-state index in [0.29, 0.717) is 23.7 Å². The summed E-state index contributed by atoms with van der Waals surface area (Å²) in [6, 6.07) is 6.19. The van der Waals surface area contributed by atoms with Gasteiger partial charge >= 0.3 is 0 Å². The maximum Gasteiger partial charge on any atom is 0.139 e. The minimum Gasteiger partial charge on any atom is -0.383 e. The molecule has 0 fully saturated rings. The lowest BCUT2D eigenvalue weighted by Crippen LogP contribution is -2.04. The SMILES string of the molecule is CCc1c(N)ncnc1Nc1cccc(F)c1. The zero-order valence-electron chi connectivity index (χ0n) is 9.44. The number of hydrogen-bond acceptors (Lipinski definition) is 4. The lowest BCUT2D eigenvalue weighted by molar-refractivity contribution is 0.628. The molecular weight excluding hydrogens is 219 g/mol. The fraction of sp³-hybridized carbons (Fsp3) is 0.167. The maximum absolute atomic E-state index is 13.0. The molecule has 0 bridgehead atoms. The van der Waals surface area contributed by atoms with Crippen molar-refractivity contribution in [3.8, 4) is 0 Å². The van der Waals surface area contributed by atoms with Gasteiger partial charge in [-0.2, -0.15) is 0 Å². The summed E-state index contributed by atoms with van der Waals surface area (Å²) in [5.74, 6) is 0.766. The van der Waals surface area contributed by atoms with Crippen molar-refractivity contribution >= 4 is 17.3 Å². The summed E-state index contributed by atoms with van der Waals surface area (Å²) < 4.78 is 13.0. The van der Waals surface area contributed by atoms with Gasteiger partial charge in [0, 0.05) is 11.3 Å². The molecule has 2 aromatic rings. The van der Waals surface area contributed by atoms with Crippen molar-refractivity contribution in [1.29, 1.82) is 0 Å². The molecule has 0 radical (unpaired) electrons. The number of hydrogen-bond donors (Lipinski definition) is 2. The molecule has 1 heterocycles. The molecule has 88 valence electrons. The van der Waals surface area contributed by atoms with Gasteiger partial charge in [-0.05, 0) is 24.6 Å². The van der Waals surface area contributed by atoms with E-state index in [1.165, 1.54) is 18.5 Å². The quantitative estimate of drug-likeness (QED) is 0.853. The highest BCUT2D eigenvalue weighted by Gasteiger charge is 2.07. The van der Waals surface area contributed by atoms with Crippen LogP contribution in [0.15, 0.2) is 30.6 Å². The molecule has 0 saturated carbocycles. The molecule has 0 saturated heterocycles. The number of halogens is 1. The van der Waals surface area contributed by atoms with Crippen LogP contribution in [-0.4, -0.2) is 9.97 Å². The van der Waals surface area contributed by atoms with E-state index in [1.807, 2.05) is 6.92 Å². The van der Waals surface area contributed by atoms with Crippen molar-refractivity contribution in [3.63, 3.8) is 0 Å². The molecule has 0 spiro atoms. The highest BCUT2D eigenvalue weighted by atomic mass is 19.1. The molecule has 1 aromatic carbocycles. The van der Waals surface area contributed by atoms with Gasteiger partial charge < -0.3 is 11.1 Å². The first-order valence-corrected chi connectivity index (χ1v) is 5.32. The van der Waals surface area contributed by atoms with Gasteiger partial charge in [-0.1, -0.05) is 13.0 Å². The van der Waals surface area contributed by atoms with Gasteiger partial charge in [0.2, 0.25) is 0 Å². The Morgan fingerprint density at radius 2 is 2.18 bits per heavy atom. The van der Waals surface area contributed by atoms with Crippen LogP contribution in [0.4, 0.5) is 21.7 Å². The Morgan fingerprint density at radius 1 is 1.35 bits per heavy atom. The van der Waals surface area contributed by atoms with Gasteiger partial charge in [-0.15, -0.1) is 0 Å². The topological polar surface area (TPSA) is 63.8 Å². The molecule has 2 rings (SSSR count). The van der Waals surface area contributed by atoms with Crippen LogP contribution in [0.3, 0.4) is 0 Å². The van der Waals surface area contributed by atoms with Crippen LogP contribution in [0, 0.1) is 5.82 Å². The molecule has 0 aliphatic carbocycles. The van der Waals surface area contributed by atoms with E-state index >= 15 is 0 Å². The van der Waals surface area contributed by atoms with E-state index in [1.54, 1.807) is 12.1 Å². The van der Waals surface area contributed by atoms with Gasteiger partial charge in [-0.3, -0.25) is 0 Å². The second kappa shape index (κ2) is 4.78. The fourth-order valence-corrected chi connectivity index (χ4v) is 1.59. The second-order valence-corrected chi connectivity index (χ2v) is 3.57. The van der Waals surface area contributed by atoms with Crippen molar-refractivity contribution in [3.05, 3.63) is 42.0 Å². The van der Waals surface area contributed by atoms with Gasteiger partial charge in [0.05, 0.1) is 0 Å². The number of anilines is 3. The van der Waals surface area contributed by atoms with Gasteiger partial charge in [0.25, 0.3) is 0 Å². The van der Waals surface area contributed by atoms with Crippen LogP contribution in [0.2, 0.25) is 0 Å². The number of benzene rings is 1.